The maximum absolute atomic E-state index is 12.7. The summed E-state index contributed by atoms with van der Waals surface area (Å²) in [6.45, 7) is 6.31. The third-order valence-corrected chi connectivity index (χ3v) is 6.45. The molecular formula is C22H28N2O3. The van der Waals surface area contributed by atoms with Crippen LogP contribution in [0, 0.1) is 31.6 Å². The number of hydrogen-bond donors (Lipinski definition) is 1. The van der Waals surface area contributed by atoms with Crippen LogP contribution < -0.4 is 10.1 Å². The quantitative estimate of drug-likeness (QED) is 0.819. The van der Waals surface area contributed by atoms with Gasteiger partial charge in [-0.2, -0.15) is 0 Å². The predicted octanol–water partition coefficient (Wildman–Crippen LogP) is 4.42. The number of carbonyl (C=O) groups is 1. The molecule has 2 aliphatic carbocycles. The average molecular weight is 368 g/mol. The molecular weight excluding hydrogens is 340 g/mol. The predicted molar refractivity (Wildman–Crippen MR) is 103 cm³/mol. The maximum atomic E-state index is 12.7. The van der Waals surface area contributed by atoms with Crippen molar-refractivity contribution >= 4 is 5.91 Å². The number of aromatic nitrogens is 1. The molecule has 2 aromatic rings. The van der Waals surface area contributed by atoms with Crippen LogP contribution in [0.3, 0.4) is 0 Å². The number of amides is 1. The van der Waals surface area contributed by atoms with E-state index >= 15 is 0 Å². The smallest absolute Gasteiger partial charge is 0.251 e. The summed E-state index contributed by atoms with van der Waals surface area (Å²) in [6, 6.07) is 7.60. The van der Waals surface area contributed by atoms with Crippen LogP contribution in [0.4, 0.5) is 0 Å². The molecule has 0 aliphatic heterocycles. The van der Waals surface area contributed by atoms with Crippen molar-refractivity contribution in [1.82, 2.24) is 10.5 Å². The Kier molecular flexibility index (Phi) is 4.94. The Morgan fingerprint density at radius 3 is 2.85 bits per heavy atom. The van der Waals surface area contributed by atoms with E-state index in [2.05, 4.69) is 17.4 Å². The van der Waals surface area contributed by atoms with E-state index in [9.17, 15) is 4.79 Å². The van der Waals surface area contributed by atoms with Gasteiger partial charge in [-0.25, -0.2) is 0 Å². The highest BCUT2D eigenvalue weighted by atomic mass is 16.5. The molecule has 2 bridgehead atoms. The van der Waals surface area contributed by atoms with E-state index in [1.165, 1.54) is 25.7 Å². The molecule has 0 radical (unpaired) electrons. The summed E-state index contributed by atoms with van der Waals surface area (Å²) in [6.07, 6.45) is 5.34. The van der Waals surface area contributed by atoms with Gasteiger partial charge < -0.3 is 14.6 Å². The number of ether oxygens (including phenoxy) is 1. The molecule has 1 aromatic carbocycles. The van der Waals surface area contributed by atoms with Crippen molar-refractivity contribution in [3.8, 4) is 5.75 Å². The van der Waals surface area contributed by atoms with Gasteiger partial charge in [0.2, 0.25) is 0 Å². The van der Waals surface area contributed by atoms with E-state index in [1.807, 2.05) is 32.0 Å². The average Bonchev–Trinajstić information content (AvgIpc) is 3.37. The monoisotopic (exact) mass is 368 g/mol. The van der Waals surface area contributed by atoms with Crippen LogP contribution in [0.1, 0.15) is 60.0 Å². The third kappa shape index (κ3) is 3.73. The number of nitrogens with zero attached hydrogens (tertiary/aromatic N) is 1. The zero-order chi connectivity index (χ0) is 19.0. The van der Waals surface area contributed by atoms with Crippen LogP contribution in [0.2, 0.25) is 0 Å². The lowest BCUT2D eigenvalue weighted by Crippen LogP contribution is -2.40. The number of aryl methyl sites for hydroxylation is 2. The topological polar surface area (TPSA) is 64.4 Å². The first kappa shape index (κ1) is 18.1. The van der Waals surface area contributed by atoms with Gasteiger partial charge in [0.1, 0.15) is 18.1 Å². The van der Waals surface area contributed by atoms with Crippen LogP contribution in [-0.2, 0) is 6.61 Å². The van der Waals surface area contributed by atoms with Crippen molar-refractivity contribution in [2.75, 3.05) is 0 Å². The van der Waals surface area contributed by atoms with Crippen LogP contribution in [-0.4, -0.2) is 17.1 Å². The molecule has 2 aliphatic rings. The normalized spacial score (nSPS) is 24.8. The molecule has 4 atom stereocenters. The molecule has 0 spiro atoms. The fourth-order valence-electron chi connectivity index (χ4n) is 4.89. The molecule has 1 amide bonds. The van der Waals surface area contributed by atoms with Gasteiger partial charge in [-0.1, -0.05) is 17.6 Å². The first-order valence-electron chi connectivity index (χ1n) is 9.96. The summed E-state index contributed by atoms with van der Waals surface area (Å²) in [4.78, 5) is 12.7. The molecule has 27 heavy (non-hydrogen) atoms. The number of rotatable bonds is 6. The molecule has 144 valence electrons. The lowest BCUT2D eigenvalue weighted by atomic mass is 9.84. The zero-order valence-corrected chi connectivity index (χ0v) is 16.3. The third-order valence-electron chi connectivity index (χ3n) is 6.45. The minimum absolute atomic E-state index is 0.0203. The van der Waals surface area contributed by atoms with Gasteiger partial charge in [0.15, 0.2) is 0 Å². The van der Waals surface area contributed by atoms with Crippen LogP contribution >= 0.6 is 0 Å². The Morgan fingerprint density at radius 1 is 1.33 bits per heavy atom. The van der Waals surface area contributed by atoms with Crippen molar-refractivity contribution < 1.29 is 14.1 Å². The lowest BCUT2D eigenvalue weighted by molar-refractivity contribution is 0.0914. The van der Waals surface area contributed by atoms with Gasteiger partial charge in [-0.3, -0.25) is 4.79 Å². The molecule has 1 N–H and O–H groups in total. The summed E-state index contributed by atoms with van der Waals surface area (Å²) in [5.74, 6) is 3.74. The van der Waals surface area contributed by atoms with Gasteiger partial charge in [0, 0.05) is 11.6 Å². The SMILES string of the molecule is Cc1noc(C)c1COc1cccc(C(=O)N[C@@H](C)[C@H]2C[C@H]3CC[C@H]2C3)c1. The Labute approximate surface area is 160 Å². The van der Waals surface area contributed by atoms with E-state index in [-0.39, 0.29) is 11.9 Å². The molecule has 2 saturated carbocycles. The highest BCUT2D eigenvalue weighted by molar-refractivity contribution is 5.94. The highest BCUT2D eigenvalue weighted by Gasteiger charge is 2.42. The second-order valence-corrected chi connectivity index (χ2v) is 8.22. The van der Waals surface area contributed by atoms with Gasteiger partial charge in [0.05, 0.1) is 11.3 Å². The van der Waals surface area contributed by atoms with E-state index in [1.54, 1.807) is 6.07 Å². The first-order valence-corrected chi connectivity index (χ1v) is 9.96. The minimum atomic E-state index is -0.0203. The van der Waals surface area contributed by atoms with Gasteiger partial charge in [-0.05, 0) is 76.0 Å². The van der Waals surface area contributed by atoms with E-state index in [4.69, 9.17) is 9.26 Å². The number of benzene rings is 1. The summed E-state index contributed by atoms with van der Waals surface area (Å²) >= 11 is 0. The fourth-order valence-corrected chi connectivity index (χ4v) is 4.89. The molecule has 0 unspecified atom stereocenters. The fraction of sp³-hybridized carbons (Fsp3) is 0.545. The Hall–Kier alpha value is -2.30. The van der Waals surface area contributed by atoms with Gasteiger partial charge in [-0.15, -0.1) is 0 Å². The molecule has 1 aromatic heterocycles. The molecule has 1 heterocycles. The lowest BCUT2D eigenvalue weighted by Gasteiger charge is -2.28. The number of hydrogen-bond acceptors (Lipinski definition) is 4. The molecule has 5 nitrogen and oxygen atoms in total. The Morgan fingerprint density at radius 2 is 2.19 bits per heavy atom. The number of fused-ring (bicyclic) bond motifs is 2. The van der Waals surface area contributed by atoms with Crippen LogP contribution in [0.25, 0.3) is 0 Å². The van der Waals surface area contributed by atoms with Gasteiger partial charge >= 0.3 is 0 Å². The standard InChI is InChI=1S/C22H28N2O3/c1-13(20-10-16-7-8-17(20)9-16)23-22(25)18-5-4-6-19(11-18)26-12-21-14(2)24-27-15(21)3/h4-6,11,13,16-17,20H,7-10,12H2,1-3H3,(H,23,25)/t13-,16-,17-,20+/m0/s1. The summed E-state index contributed by atoms with van der Waals surface area (Å²) in [5, 5.41) is 7.16. The molecule has 5 heteroatoms. The first-order chi connectivity index (χ1) is 13.0. The maximum Gasteiger partial charge on any atom is 0.251 e. The van der Waals surface area contributed by atoms with Crippen molar-refractivity contribution in [1.29, 1.82) is 0 Å². The Balaban J connectivity index is 1.37. The number of carbonyl (C=O) groups excluding carboxylic acids is 1. The minimum Gasteiger partial charge on any atom is -0.489 e. The Bertz CT molecular complexity index is 809. The number of nitrogens with one attached hydrogen (secondary N) is 1. The van der Waals surface area contributed by atoms with Crippen LogP contribution in [0.15, 0.2) is 28.8 Å². The summed E-state index contributed by atoms with van der Waals surface area (Å²) in [5.41, 5.74) is 2.43. The summed E-state index contributed by atoms with van der Waals surface area (Å²) < 4.78 is 11.0. The van der Waals surface area contributed by atoms with Crippen LogP contribution in [0.5, 0.6) is 5.75 Å². The van der Waals surface area contributed by atoms with Gasteiger partial charge in [0.25, 0.3) is 5.91 Å². The second-order valence-electron chi connectivity index (χ2n) is 8.22. The zero-order valence-electron chi connectivity index (χ0n) is 16.3. The van der Waals surface area contributed by atoms with E-state index in [0.717, 1.165) is 28.9 Å². The van der Waals surface area contributed by atoms with Crippen molar-refractivity contribution in [2.24, 2.45) is 17.8 Å². The second kappa shape index (κ2) is 7.37. The molecule has 4 rings (SSSR count). The van der Waals surface area contributed by atoms with E-state index < -0.39 is 0 Å². The van der Waals surface area contributed by atoms with Crippen molar-refractivity contribution in [3.63, 3.8) is 0 Å². The van der Waals surface area contributed by atoms with E-state index in [0.29, 0.717) is 23.8 Å². The molecule has 2 fully saturated rings. The largest absolute Gasteiger partial charge is 0.489 e. The van der Waals surface area contributed by atoms with Crippen molar-refractivity contribution in [3.05, 3.63) is 46.8 Å². The summed E-state index contributed by atoms with van der Waals surface area (Å²) in [7, 11) is 0. The highest BCUT2D eigenvalue weighted by Crippen LogP contribution is 2.49. The molecule has 0 saturated heterocycles. The van der Waals surface area contributed by atoms with Crippen molar-refractivity contribution in [2.45, 2.75) is 59.1 Å².